The van der Waals surface area contributed by atoms with Gasteiger partial charge in [-0.2, -0.15) is 0 Å². The van der Waals surface area contributed by atoms with Gasteiger partial charge in [0.2, 0.25) is 5.91 Å². The molecule has 1 heterocycles. The molecule has 0 saturated carbocycles. The standard InChI is InChI=1S/C20H23N5OS/c1-4-14-9-7-8-13(2)18(14)22-17(26)12-27-20-24-23-19(25(20)3)15-10-5-6-11-16(15)21/h5-11H,4,12,21H2,1-3H3,(H,22,26). The van der Waals surface area contributed by atoms with Gasteiger partial charge in [-0.15, -0.1) is 10.2 Å². The maximum Gasteiger partial charge on any atom is 0.234 e. The monoisotopic (exact) mass is 381 g/mol. The molecule has 6 nitrogen and oxygen atoms in total. The third-order valence-corrected chi connectivity index (χ3v) is 5.39. The predicted octanol–water partition coefficient (Wildman–Crippen LogP) is 3.67. The van der Waals surface area contributed by atoms with Gasteiger partial charge in [-0.25, -0.2) is 0 Å². The number of nitrogens with zero attached hydrogens (tertiary/aromatic N) is 3. The second-order valence-electron chi connectivity index (χ2n) is 6.25. The number of aromatic nitrogens is 3. The van der Waals surface area contributed by atoms with E-state index < -0.39 is 0 Å². The number of benzene rings is 2. The number of para-hydroxylation sites is 2. The van der Waals surface area contributed by atoms with Crippen LogP contribution < -0.4 is 11.1 Å². The molecule has 0 aliphatic carbocycles. The Morgan fingerprint density at radius 3 is 2.70 bits per heavy atom. The van der Waals surface area contributed by atoms with Crippen molar-refractivity contribution < 1.29 is 4.79 Å². The summed E-state index contributed by atoms with van der Waals surface area (Å²) in [6.07, 6.45) is 0.871. The van der Waals surface area contributed by atoms with E-state index in [-0.39, 0.29) is 11.7 Å². The molecule has 0 atom stereocenters. The van der Waals surface area contributed by atoms with Crippen LogP contribution in [0, 0.1) is 6.92 Å². The van der Waals surface area contributed by atoms with E-state index in [1.54, 1.807) is 0 Å². The third kappa shape index (κ3) is 4.14. The molecule has 3 N–H and O–H groups in total. The summed E-state index contributed by atoms with van der Waals surface area (Å²) in [7, 11) is 1.87. The molecule has 0 saturated heterocycles. The smallest absolute Gasteiger partial charge is 0.234 e. The molecule has 0 bridgehead atoms. The van der Waals surface area contributed by atoms with Crippen molar-refractivity contribution in [1.82, 2.24) is 14.8 Å². The topological polar surface area (TPSA) is 85.8 Å². The number of carbonyl (C=O) groups excluding carboxylic acids is 1. The van der Waals surface area contributed by atoms with E-state index in [1.165, 1.54) is 11.8 Å². The number of nitrogens with two attached hydrogens (primary N) is 1. The van der Waals surface area contributed by atoms with Gasteiger partial charge in [0, 0.05) is 24.0 Å². The average molecular weight is 382 g/mol. The number of amides is 1. The second kappa shape index (κ2) is 8.26. The molecular formula is C20H23N5OS. The number of aryl methyl sites for hydroxylation is 2. The highest BCUT2D eigenvalue weighted by molar-refractivity contribution is 7.99. The largest absolute Gasteiger partial charge is 0.398 e. The van der Waals surface area contributed by atoms with Crippen LogP contribution in [0.4, 0.5) is 11.4 Å². The lowest BCUT2D eigenvalue weighted by molar-refractivity contribution is -0.113. The first-order chi connectivity index (χ1) is 13.0. The van der Waals surface area contributed by atoms with E-state index in [2.05, 4.69) is 22.4 Å². The summed E-state index contributed by atoms with van der Waals surface area (Å²) in [6.45, 7) is 4.08. The van der Waals surface area contributed by atoms with Gasteiger partial charge < -0.3 is 15.6 Å². The zero-order chi connectivity index (χ0) is 19.4. The Balaban J connectivity index is 1.70. The lowest BCUT2D eigenvalue weighted by Crippen LogP contribution is -2.16. The summed E-state index contributed by atoms with van der Waals surface area (Å²) in [5.74, 6) is 0.879. The SMILES string of the molecule is CCc1cccc(C)c1NC(=O)CSc1nnc(-c2ccccc2N)n1C. The van der Waals surface area contributed by atoms with Gasteiger partial charge in [0.25, 0.3) is 0 Å². The van der Waals surface area contributed by atoms with Gasteiger partial charge in [0.1, 0.15) is 0 Å². The number of nitrogen functional groups attached to an aromatic ring is 1. The van der Waals surface area contributed by atoms with Crippen LogP contribution in [0.25, 0.3) is 11.4 Å². The van der Waals surface area contributed by atoms with E-state index in [0.717, 1.165) is 28.8 Å². The quantitative estimate of drug-likeness (QED) is 0.503. The van der Waals surface area contributed by atoms with Crippen LogP contribution >= 0.6 is 11.8 Å². The Bertz CT molecular complexity index is 967. The van der Waals surface area contributed by atoms with Crippen molar-refractivity contribution in [1.29, 1.82) is 0 Å². The fourth-order valence-electron chi connectivity index (χ4n) is 2.88. The first kappa shape index (κ1) is 19.0. The number of thioether (sulfide) groups is 1. The minimum absolute atomic E-state index is 0.0622. The van der Waals surface area contributed by atoms with Crippen LogP contribution in [0.2, 0.25) is 0 Å². The molecule has 0 aliphatic heterocycles. The molecule has 1 amide bonds. The van der Waals surface area contributed by atoms with Gasteiger partial charge in [0.05, 0.1) is 5.75 Å². The van der Waals surface area contributed by atoms with Gasteiger partial charge in [0.15, 0.2) is 11.0 Å². The molecule has 7 heteroatoms. The first-order valence-electron chi connectivity index (χ1n) is 8.76. The first-order valence-corrected chi connectivity index (χ1v) is 9.75. The molecule has 140 valence electrons. The third-order valence-electron chi connectivity index (χ3n) is 4.37. The molecule has 3 aromatic rings. The maximum absolute atomic E-state index is 12.4. The van der Waals surface area contributed by atoms with E-state index in [1.807, 2.05) is 61.0 Å². The predicted molar refractivity (Wildman–Crippen MR) is 111 cm³/mol. The van der Waals surface area contributed by atoms with Crippen molar-refractivity contribution in [2.45, 2.75) is 25.4 Å². The highest BCUT2D eigenvalue weighted by atomic mass is 32.2. The van der Waals surface area contributed by atoms with Crippen molar-refractivity contribution in [2.24, 2.45) is 7.05 Å². The summed E-state index contributed by atoms with van der Waals surface area (Å²) in [5.41, 5.74) is 10.6. The van der Waals surface area contributed by atoms with E-state index >= 15 is 0 Å². The van der Waals surface area contributed by atoms with Gasteiger partial charge in [-0.3, -0.25) is 4.79 Å². The Morgan fingerprint density at radius 1 is 1.19 bits per heavy atom. The summed E-state index contributed by atoms with van der Waals surface area (Å²) in [6, 6.07) is 13.6. The van der Waals surface area contributed by atoms with Crippen molar-refractivity contribution in [3.63, 3.8) is 0 Å². The number of anilines is 2. The van der Waals surface area contributed by atoms with Gasteiger partial charge >= 0.3 is 0 Å². The summed E-state index contributed by atoms with van der Waals surface area (Å²) in [4.78, 5) is 12.4. The number of rotatable bonds is 6. The van der Waals surface area contributed by atoms with Crippen LogP contribution in [0.3, 0.4) is 0 Å². The van der Waals surface area contributed by atoms with Crippen molar-refractivity contribution in [3.05, 3.63) is 53.6 Å². The Morgan fingerprint density at radius 2 is 1.96 bits per heavy atom. The van der Waals surface area contributed by atoms with Gasteiger partial charge in [-0.05, 0) is 36.6 Å². The van der Waals surface area contributed by atoms with Crippen LogP contribution in [0.15, 0.2) is 47.6 Å². The Hall–Kier alpha value is -2.80. The van der Waals surface area contributed by atoms with Crippen LogP contribution in [-0.2, 0) is 18.3 Å². The van der Waals surface area contributed by atoms with E-state index in [4.69, 9.17) is 5.73 Å². The molecule has 0 fully saturated rings. The molecule has 0 unspecified atom stereocenters. The molecule has 0 aliphatic rings. The molecule has 0 radical (unpaired) electrons. The fraction of sp³-hybridized carbons (Fsp3) is 0.250. The number of hydrogen-bond donors (Lipinski definition) is 2. The van der Waals surface area contributed by atoms with Crippen molar-refractivity contribution >= 4 is 29.0 Å². The van der Waals surface area contributed by atoms with Crippen LogP contribution in [0.5, 0.6) is 0 Å². The number of hydrogen-bond acceptors (Lipinski definition) is 5. The number of nitrogens with one attached hydrogen (secondary N) is 1. The van der Waals surface area contributed by atoms with E-state index in [9.17, 15) is 4.79 Å². The zero-order valence-corrected chi connectivity index (χ0v) is 16.5. The minimum Gasteiger partial charge on any atom is -0.398 e. The van der Waals surface area contributed by atoms with Crippen LogP contribution in [-0.4, -0.2) is 26.4 Å². The normalized spacial score (nSPS) is 10.8. The minimum atomic E-state index is -0.0622. The van der Waals surface area contributed by atoms with Crippen LogP contribution in [0.1, 0.15) is 18.1 Å². The van der Waals surface area contributed by atoms with Crippen molar-refractivity contribution in [3.8, 4) is 11.4 Å². The maximum atomic E-state index is 12.4. The highest BCUT2D eigenvalue weighted by Crippen LogP contribution is 2.27. The average Bonchev–Trinajstić information content (AvgIpc) is 3.02. The highest BCUT2D eigenvalue weighted by Gasteiger charge is 2.15. The molecule has 2 aromatic carbocycles. The lowest BCUT2D eigenvalue weighted by atomic mass is 10.1. The van der Waals surface area contributed by atoms with Crippen molar-refractivity contribution in [2.75, 3.05) is 16.8 Å². The summed E-state index contributed by atoms with van der Waals surface area (Å²) in [5, 5.41) is 12.1. The second-order valence-corrected chi connectivity index (χ2v) is 7.19. The molecule has 27 heavy (non-hydrogen) atoms. The molecular weight excluding hydrogens is 358 g/mol. The molecule has 1 aromatic heterocycles. The molecule has 3 rings (SSSR count). The molecule has 0 spiro atoms. The Kier molecular flexibility index (Phi) is 5.81. The fourth-order valence-corrected chi connectivity index (χ4v) is 3.59. The lowest BCUT2D eigenvalue weighted by Gasteiger charge is -2.12. The Labute approximate surface area is 163 Å². The summed E-state index contributed by atoms with van der Waals surface area (Å²) >= 11 is 1.35. The summed E-state index contributed by atoms with van der Waals surface area (Å²) < 4.78 is 1.86. The number of carbonyl (C=O) groups is 1. The zero-order valence-electron chi connectivity index (χ0n) is 15.7. The van der Waals surface area contributed by atoms with E-state index in [0.29, 0.717) is 16.7 Å². The van der Waals surface area contributed by atoms with Gasteiger partial charge in [-0.1, -0.05) is 49.0 Å².